The predicted octanol–water partition coefficient (Wildman–Crippen LogP) is 4.78. The van der Waals surface area contributed by atoms with Crippen LogP contribution < -0.4 is 5.32 Å². The highest BCUT2D eigenvalue weighted by Crippen LogP contribution is 2.32. The molecule has 0 bridgehead atoms. The molecular weight excluding hydrogens is 288 g/mol. The van der Waals surface area contributed by atoms with Gasteiger partial charge in [-0.1, -0.05) is 26.7 Å². The molecule has 0 radical (unpaired) electrons. The largest absolute Gasteiger partial charge is 0.381 e. The Balaban J connectivity index is 2.08. The molecule has 100 valence electrons. The molecule has 1 aromatic heterocycles. The Morgan fingerprint density at radius 3 is 2.72 bits per heavy atom. The average molecular weight is 311 g/mol. The van der Waals surface area contributed by atoms with Crippen molar-refractivity contribution in [3.05, 3.63) is 22.4 Å². The van der Waals surface area contributed by atoms with Crippen LogP contribution in [0.3, 0.4) is 0 Å². The summed E-state index contributed by atoms with van der Waals surface area (Å²) >= 11 is 3.45. The predicted molar refractivity (Wildman–Crippen MR) is 80.9 cm³/mol. The van der Waals surface area contributed by atoms with Gasteiger partial charge in [-0.05, 0) is 59.2 Å². The Morgan fingerprint density at radius 2 is 2.06 bits per heavy atom. The molecule has 2 rings (SSSR count). The van der Waals surface area contributed by atoms with Crippen LogP contribution in [0.2, 0.25) is 0 Å². The molecule has 0 aliphatic heterocycles. The zero-order valence-corrected chi connectivity index (χ0v) is 13.1. The van der Waals surface area contributed by atoms with Crippen LogP contribution >= 0.6 is 15.9 Å². The first-order chi connectivity index (χ1) is 8.58. The van der Waals surface area contributed by atoms with Crippen LogP contribution in [0.5, 0.6) is 0 Å². The van der Waals surface area contributed by atoms with Crippen molar-refractivity contribution in [3.8, 4) is 0 Å². The monoisotopic (exact) mass is 310 g/mol. The number of aryl methyl sites for hydroxylation is 1. The van der Waals surface area contributed by atoms with E-state index in [4.69, 9.17) is 0 Å². The number of anilines is 1. The van der Waals surface area contributed by atoms with Crippen LogP contribution in [0, 0.1) is 18.8 Å². The number of nitrogens with zero attached hydrogens (tertiary/aromatic N) is 1. The third kappa shape index (κ3) is 3.25. The van der Waals surface area contributed by atoms with Gasteiger partial charge in [0.25, 0.3) is 0 Å². The lowest BCUT2D eigenvalue weighted by Crippen LogP contribution is -2.35. The Labute approximate surface area is 119 Å². The SMILES string of the molecule is Cc1cc(NC2CCCCC2C(C)C)cnc1Br. The Bertz CT molecular complexity index is 403. The van der Waals surface area contributed by atoms with Gasteiger partial charge in [0, 0.05) is 6.04 Å². The number of aromatic nitrogens is 1. The van der Waals surface area contributed by atoms with E-state index in [0.717, 1.165) is 22.1 Å². The number of halogens is 1. The van der Waals surface area contributed by atoms with Crippen LogP contribution in [-0.4, -0.2) is 11.0 Å². The van der Waals surface area contributed by atoms with E-state index in [2.05, 4.69) is 53.1 Å². The molecule has 0 amide bonds. The minimum Gasteiger partial charge on any atom is -0.381 e. The Kier molecular flexibility index (Phi) is 4.66. The molecule has 18 heavy (non-hydrogen) atoms. The van der Waals surface area contributed by atoms with E-state index < -0.39 is 0 Å². The van der Waals surface area contributed by atoms with Crippen molar-refractivity contribution >= 4 is 21.6 Å². The number of rotatable bonds is 3. The van der Waals surface area contributed by atoms with Crippen molar-refractivity contribution in [1.29, 1.82) is 0 Å². The van der Waals surface area contributed by atoms with Crippen molar-refractivity contribution in [2.75, 3.05) is 5.32 Å². The molecule has 2 atom stereocenters. The molecule has 1 saturated carbocycles. The summed E-state index contributed by atoms with van der Waals surface area (Å²) < 4.78 is 0.942. The summed E-state index contributed by atoms with van der Waals surface area (Å²) in [5.41, 5.74) is 2.35. The van der Waals surface area contributed by atoms with Crippen molar-refractivity contribution in [2.24, 2.45) is 11.8 Å². The molecule has 1 aliphatic carbocycles. The molecule has 0 aromatic carbocycles. The highest BCUT2D eigenvalue weighted by molar-refractivity contribution is 9.10. The van der Waals surface area contributed by atoms with Crippen LogP contribution in [0.25, 0.3) is 0 Å². The minimum absolute atomic E-state index is 0.612. The zero-order chi connectivity index (χ0) is 13.1. The number of nitrogens with one attached hydrogen (secondary N) is 1. The Hall–Kier alpha value is -0.570. The van der Waals surface area contributed by atoms with Gasteiger partial charge in [0.05, 0.1) is 11.9 Å². The maximum Gasteiger partial charge on any atom is 0.109 e. The summed E-state index contributed by atoms with van der Waals surface area (Å²) in [5, 5.41) is 3.70. The molecule has 2 nitrogen and oxygen atoms in total. The standard InChI is InChI=1S/C15H23BrN2/c1-10(2)13-6-4-5-7-14(13)18-12-8-11(3)15(16)17-9-12/h8-10,13-14,18H,4-7H2,1-3H3. The summed E-state index contributed by atoms with van der Waals surface area (Å²) in [6, 6.07) is 2.80. The van der Waals surface area contributed by atoms with E-state index >= 15 is 0 Å². The Morgan fingerprint density at radius 1 is 1.33 bits per heavy atom. The van der Waals surface area contributed by atoms with Crippen LogP contribution in [0.4, 0.5) is 5.69 Å². The van der Waals surface area contributed by atoms with E-state index in [0.29, 0.717) is 6.04 Å². The maximum atomic E-state index is 4.37. The fraction of sp³-hybridized carbons (Fsp3) is 0.667. The fourth-order valence-electron chi connectivity index (χ4n) is 2.99. The fourth-order valence-corrected chi connectivity index (χ4v) is 3.20. The normalized spacial score (nSPS) is 24.3. The van der Waals surface area contributed by atoms with Gasteiger partial charge in [-0.2, -0.15) is 0 Å². The highest BCUT2D eigenvalue weighted by atomic mass is 79.9. The number of hydrogen-bond acceptors (Lipinski definition) is 2. The summed E-state index contributed by atoms with van der Waals surface area (Å²) in [4.78, 5) is 4.37. The third-order valence-electron chi connectivity index (χ3n) is 4.04. The van der Waals surface area contributed by atoms with Gasteiger partial charge in [0.15, 0.2) is 0 Å². The van der Waals surface area contributed by atoms with Gasteiger partial charge in [-0.25, -0.2) is 4.98 Å². The van der Waals surface area contributed by atoms with Crippen molar-refractivity contribution < 1.29 is 0 Å². The number of pyridine rings is 1. The first-order valence-corrected chi connectivity index (χ1v) is 7.76. The second-order valence-corrected chi connectivity index (χ2v) is 6.53. The van der Waals surface area contributed by atoms with Crippen LogP contribution in [-0.2, 0) is 0 Å². The molecule has 1 heterocycles. The third-order valence-corrected chi connectivity index (χ3v) is 4.87. The first kappa shape index (κ1) is 13.9. The van der Waals surface area contributed by atoms with E-state index in [1.54, 1.807) is 0 Å². The molecule has 0 saturated heterocycles. The molecule has 1 N–H and O–H groups in total. The molecular formula is C15H23BrN2. The van der Waals surface area contributed by atoms with E-state index in [1.807, 2.05) is 6.20 Å². The number of hydrogen-bond donors (Lipinski definition) is 1. The van der Waals surface area contributed by atoms with E-state index in [9.17, 15) is 0 Å². The lowest BCUT2D eigenvalue weighted by molar-refractivity contribution is 0.254. The topological polar surface area (TPSA) is 24.9 Å². The van der Waals surface area contributed by atoms with Gasteiger partial charge in [-0.3, -0.25) is 0 Å². The van der Waals surface area contributed by atoms with Gasteiger partial charge >= 0.3 is 0 Å². The minimum atomic E-state index is 0.612. The quantitative estimate of drug-likeness (QED) is 0.813. The van der Waals surface area contributed by atoms with Crippen molar-refractivity contribution in [2.45, 2.75) is 52.5 Å². The molecule has 1 fully saturated rings. The summed E-state index contributed by atoms with van der Waals surface area (Å²) in [7, 11) is 0. The van der Waals surface area contributed by atoms with Gasteiger partial charge in [0.2, 0.25) is 0 Å². The van der Waals surface area contributed by atoms with Crippen LogP contribution in [0.15, 0.2) is 16.9 Å². The summed E-state index contributed by atoms with van der Waals surface area (Å²) in [5.74, 6) is 1.55. The zero-order valence-electron chi connectivity index (χ0n) is 11.5. The lowest BCUT2D eigenvalue weighted by atomic mass is 9.78. The van der Waals surface area contributed by atoms with Gasteiger partial charge in [-0.15, -0.1) is 0 Å². The molecule has 1 aromatic rings. The van der Waals surface area contributed by atoms with Crippen molar-refractivity contribution in [1.82, 2.24) is 4.98 Å². The van der Waals surface area contributed by atoms with Gasteiger partial charge < -0.3 is 5.32 Å². The van der Waals surface area contributed by atoms with Crippen LogP contribution in [0.1, 0.15) is 45.1 Å². The molecule has 3 heteroatoms. The first-order valence-electron chi connectivity index (χ1n) is 6.96. The maximum absolute atomic E-state index is 4.37. The van der Waals surface area contributed by atoms with E-state index in [1.165, 1.54) is 31.2 Å². The second kappa shape index (κ2) is 6.05. The summed E-state index contributed by atoms with van der Waals surface area (Å²) in [6.45, 7) is 6.77. The molecule has 0 spiro atoms. The smallest absolute Gasteiger partial charge is 0.109 e. The molecule has 1 aliphatic rings. The lowest BCUT2D eigenvalue weighted by Gasteiger charge is -2.35. The molecule has 2 unspecified atom stereocenters. The second-order valence-electron chi connectivity index (χ2n) is 5.77. The highest BCUT2D eigenvalue weighted by Gasteiger charge is 2.27. The average Bonchev–Trinajstić information content (AvgIpc) is 2.34. The van der Waals surface area contributed by atoms with E-state index in [-0.39, 0.29) is 0 Å². The summed E-state index contributed by atoms with van der Waals surface area (Å²) in [6.07, 6.45) is 7.32. The van der Waals surface area contributed by atoms with Gasteiger partial charge in [0.1, 0.15) is 4.60 Å². The van der Waals surface area contributed by atoms with Crippen molar-refractivity contribution in [3.63, 3.8) is 0 Å².